The van der Waals surface area contributed by atoms with E-state index in [9.17, 15) is 22.8 Å². The molecule has 39 heavy (non-hydrogen) atoms. The Hall–Kier alpha value is -3.23. The molecule has 0 bridgehead atoms. The number of anilines is 1. The maximum absolute atomic E-state index is 13.3. The molecule has 1 aliphatic rings. The van der Waals surface area contributed by atoms with E-state index in [0.717, 1.165) is 14.9 Å². The van der Waals surface area contributed by atoms with Crippen molar-refractivity contribution in [1.29, 1.82) is 0 Å². The van der Waals surface area contributed by atoms with Crippen molar-refractivity contribution in [3.05, 3.63) is 84.9 Å². The number of aryl methyl sites for hydroxylation is 2. The van der Waals surface area contributed by atoms with Crippen LogP contribution in [0.5, 0.6) is 11.5 Å². The average Bonchev–Trinajstić information content (AvgIpc) is 2.85. The van der Waals surface area contributed by atoms with Crippen molar-refractivity contribution in [2.45, 2.75) is 25.7 Å². The highest BCUT2D eigenvalue weighted by atomic mass is 127. The van der Waals surface area contributed by atoms with Gasteiger partial charge >= 0.3 is 16.1 Å². The van der Waals surface area contributed by atoms with E-state index in [2.05, 4.69) is 21.2 Å². The first-order chi connectivity index (χ1) is 18.4. The summed E-state index contributed by atoms with van der Waals surface area (Å²) in [6.07, 6.45) is 1.31. The van der Waals surface area contributed by atoms with Crippen LogP contribution in [-0.2, 0) is 19.7 Å². The lowest BCUT2D eigenvalue weighted by Crippen LogP contribution is -2.54. The molecular formula is C27H22BrIN2O7S. The topological polar surface area (TPSA) is 119 Å². The number of amides is 4. The zero-order valence-electron chi connectivity index (χ0n) is 20.9. The van der Waals surface area contributed by atoms with E-state index in [1.165, 1.54) is 24.3 Å². The van der Waals surface area contributed by atoms with Crippen molar-refractivity contribution < 1.29 is 31.7 Å². The predicted octanol–water partition coefficient (Wildman–Crippen LogP) is 5.50. The number of nitrogens with one attached hydrogen (secondary N) is 1. The number of rotatable bonds is 7. The molecule has 0 aliphatic carbocycles. The minimum absolute atomic E-state index is 0.0185. The van der Waals surface area contributed by atoms with Crippen LogP contribution in [0.15, 0.2) is 69.5 Å². The molecular weight excluding hydrogens is 703 g/mol. The van der Waals surface area contributed by atoms with Crippen LogP contribution in [0, 0.1) is 17.4 Å². The molecule has 1 heterocycles. The Labute approximate surface area is 247 Å². The van der Waals surface area contributed by atoms with Gasteiger partial charge in [-0.25, -0.2) is 9.69 Å². The standard InChI is InChI=1S/C27H22BrIN2O7S/c1-4-37-23-14-17(13-21(29)24(23)38-39(35,36)19-8-5-15(2)6-9-19)12-20-25(32)30-27(34)31(26(20)33)22-10-7-18(28)11-16(22)3/h5-14H,4H2,1-3H3,(H,30,32,34)/b20-12-. The van der Waals surface area contributed by atoms with Gasteiger partial charge in [-0.1, -0.05) is 33.6 Å². The summed E-state index contributed by atoms with van der Waals surface area (Å²) >= 11 is 5.24. The van der Waals surface area contributed by atoms with Gasteiger partial charge in [0.25, 0.3) is 11.8 Å². The Morgan fingerprint density at radius 3 is 2.36 bits per heavy atom. The van der Waals surface area contributed by atoms with Gasteiger partial charge < -0.3 is 8.92 Å². The Balaban J connectivity index is 1.73. The summed E-state index contributed by atoms with van der Waals surface area (Å²) in [4.78, 5) is 39.5. The third-order valence-electron chi connectivity index (χ3n) is 5.65. The zero-order chi connectivity index (χ0) is 28.5. The number of carbonyl (C=O) groups excluding carboxylic acids is 3. The first-order valence-corrected chi connectivity index (χ1v) is 14.8. The number of benzene rings is 3. The molecule has 4 amide bonds. The third kappa shape index (κ3) is 6.17. The zero-order valence-corrected chi connectivity index (χ0v) is 25.5. The van der Waals surface area contributed by atoms with Crippen molar-refractivity contribution in [3.63, 3.8) is 0 Å². The van der Waals surface area contributed by atoms with Crippen molar-refractivity contribution in [2.24, 2.45) is 0 Å². The van der Waals surface area contributed by atoms with Gasteiger partial charge in [-0.2, -0.15) is 8.42 Å². The number of ether oxygens (including phenoxy) is 1. The number of hydrogen-bond acceptors (Lipinski definition) is 7. The van der Waals surface area contributed by atoms with Crippen molar-refractivity contribution in [2.75, 3.05) is 11.5 Å². The minimum Gasteiger partial charge on any atom is -0.490 e. The highest BCUT2D eigenvalue weighted by Crippen LogP contribution is 2.37. The SMILES string of the molecule is CCOc1cc(/C=C2/C(=O)NC(=O)N(c3ccc(Br)cc3C)C2=O)cc(I)c1OS(=O)(=O)c1ccc(C)cc1. The minimum atomic E-state index is -4.17. The molecule has 0 radical (unpaired) electrons. The van der Waals surface area contributed by atoms with E-state index in [-0.39, 0.29) is 28.6 Å². The fraction of sp³-hybridized carbons (Fsp3) is 0.148. The van der Waals surface area contributed by atoms with Crippen LogP contribution < -0.4 is 19.1 Å². The Bertz CT molecular complexity index is 1640. The molecule has 12 heteroatoms. The van der Waals surface area contributed by atoms with Crippen LogP contribution >= 0.6 is 38.5 Å². The van der Waals surface area contributed by atoms with Gasteiger partial charge in [0.2, 0.25) is 0 Å². The van der Waals surface area contributed by atoms with Crippen LogP contribution in [-0.4, -0.2) is 32.9 Å². The van der Waals surface area contributed by atoms with Gasteiger partial charge in [-0.15, -0.1) is 0 Å². The van der Waals surface area contributed by atoms with Crippen LogP contribution in [0.4, 0.5) is 10.5 Å². The van der Waals surface area contributed by atoms with Crippen LogP contribution in [0.25, 0.3) is 6.08 Å². The summed E-state index contributed by atoms with van der Waals surface area (Å²) in [5.41, 5.74) is 1.95. The van der Waals surface area contributed by atoms with Crippen LogP contribution in [0.2, 0.25) is 0 Å². The summed E-state index contributed by atoms with van der Waals surface area (Å²) < 4.78 is 38.1. The summed E-state index contributed by atoms with van der Waals surface area (Å²) in [7, 11) is -4.17. The number of imide groups is 2. The third-order valence-corrected chi connectivity index (χ3v) is 8.18. The highest BCUT2D eigenvalue weighted by Gasteiger charge is 2.37. The van der Waals surface area contributed by atoms with Gasteiger partial charge in [-0.05, 0) is 103 Å². The number of halogens is 2. The fourth-order valence-corrected chi connectivity index (χ4v) is 6.11. The van der Waals surface area contributed by atoms with E-state index >= 15 is 0 Å². The predicted molar refractivity (Wildman–Crippen MR) is 157 cm³/mol. The van der Waals surface area contributed by atoms with Crippen molar-refractivity contribution in [1.82, 2.24) is 5.32 Å². The fourth-order valence-electron chi connectivity index (χ4n) is 3.79. The lowest BCUT2D eigenvalue weighted by atomic mass is 10.1. The Kier molecular flexibility index (Phi) is 8.47. The first-order valence-electron chi connectivity index (χ1n) is 11.6. The lowest BCUT2D eigenvalue weighted by molar-refractivity contribution is -0.122. The molecule has 0 atom stereocenters. The smallest absolute Gasteiger partial charge is 0.339 e. The van der Waals surface area contributed by atoms with E-state index in [1.54, 1.807) is 50.2 Å². The number of carbonyl (C=O) groups is 3. The molecule has 0 unspecified atom stereocenters. The highest BCUT2D eigenvalue weighted by molar-refractivity contribution is 14.1. The number of barbiturate groups is 1. The summed E-state index contributed by atoms with van der Waals surface area (Å²) in [5, 5.41) is 2.20. The number of nitrogens with zero attached hydrogens (tertiary/aromatic N) is 1. The van der Waals surface area contributed by atoms with Crippen LogP contribution in [0.3, 0.4) is 0 Å². The molecule has 0 saturated carbocycles. The molecule has 9 nitrogen and oxygen atoms in total. The second kappa shape index (κ2) is 11.5. The van der Waals surface area contributed by atoms with Crippen LogP contribution in [0.1, 0.15) is 23.6 Å². The Morgan fingerprint density at radius 1 is 1.03 bits per heavy atom. The summed E-state index contributed by atoms with van der Waals surface area (Å²) in [6.45, 7) is 5.49. The van der Waals surface area contributed by atoms with E-state index in [1.807, 2.05) is 29.5 Å². The van der Waals surface area contributed by atoms with Gasteiger partial charge in [0, 0.05) is 4.47 Å². The van der Waals surface area contributed by atoms with E-state index in [0.29, 0.717) is 20.4 Å². The molecule has 1 fully saturated rings. The van der Waals surface area contributed by atoms with Gasteiger partial charge in [0.1, 0.15) is 10.5 Å². The first kappa shape index (κ1) is 28.8. The molecule has 4 rings (SSSR count). The quantitative estimate of drug-likeness (QED) is 0.148. The lowest BCUT2D eigenvalue weighted by Gasteiger charge is -2.27. The summed E-state index contributed by atoms with van der Waals surface area (Å²) in [5.74, 6) is -1.58. The maximum atomic E-state index is 13.3. The van der Waals surface area contributed by atoms with Gasteiger partial charge in [-0.3, -0.25) is 14.9 Å². The van der Waals surface area contributed by atoms with Crippen molar-refractivity contribution >= 4 is 78.2 Å². The monoisotopic (exact) mass is 724 g/mol. The van der Waals surface area contributed by atoms with E-state index in [4.69, 9.17) is 8.92 Å². The molecule has 3 aromatic rings. The molecule has 1 aliphatic heterocycles. The molecule has 0 spiro atoms. The van der Waals surface area contributed by atoms with Crippen molar-refractivity contribution in [3.8, 4) is 11.5 Å². The van der Waals surface area contributed by atoms with E-state index < -0.39 is 28.0 Å². The molecule has 0 aromatic heterocycles. The largest absolute Gasteiger partial charge is 0.490 e. The van der Waals surface area contributed by atoms with Gasteiger partial charge in [0.05, 0.1) is 15.9 Å². The molecule has 202 valence electrons. The maximum Gasteiger partial charge on any atom is 0.339 e. The number of hydrogen-bond donors (Lipinski definition) is 1. The second-order valence-corrected chi connectivity index (χ2v) is 12.1. The molecule has 1 saturated heterocycles. The average molecular weight is 725 g/mol. The second-order valence-electron chi connectivity index (χ2n) is 8.50. The summed E-state index contributed by atoms with van der Waals surface area (Å²) in [6, 6.07) is 13.4. The molecule has 3 aromatic carbocycles. The Morgan fingerprint density at radius 2 is 1.72 bits per heavy atom. The molecule has 1 N–H and O–H groups in total. The number of urea groups is 1. The normalized spacial score (nSPS) is 14.9. The van der Waals surface area contributed by atoms with Gasteiger partial charge in [0.15, 0.2) is 11.5 Å².